The highest BCUT2D eigenvalue weighted by Crippen LogP contribution is 2.36. The molecule has 36 heavy (non-hydrogen) atoms. The monoisotopic (exact) mass is 491 g/mol. The highest BCUT2D eigenvalue weighted by molar-refractivity contribution is 6.08. The van der Waals surface area contributed by atoms with E-state index in [1.54, 1.807) is 23.1 Å². The molecule has 4 N–H and O–H groups in total. The lowest BCUT2D eigenvalue weighted by Gasteiger charge is -2.33. The third-order valence-electron chi connectivity index (χ3n) is 7.01. The summed E-state index contributed by atoms with van der Waals surface area (Å²) in [6.45, 7) is 0.244. The molecule has 186 valence electrons. The minimum Gasteiger partial charge on any atom is -0.497 e. The van der Waals surface area contributed by atoms with Crippen molar-refractivity contribution in [3.8, 4) is 5.75 Å². The summed E-state index contributed by atoms with van der Waals surface area (Å²) in [5.41, 5.74) is 2.19. The van der Waals surface area contributed by atoms with E-state index < -0.39 is 23.5 Å². The Labute approximate surface area is 206 Å². The van der Waals surface area contributed by atoms with Crippen LogP contribution in [0, 0.1) is 0 Å². The second kappa shape index (κ2) is 8.99. The molecular formula is C25H25N5O6. The maximum Gasteiger partial charge on any atom is 0.322 e. The molecule has 2 aromatic carbocycles. The normalized spacial score (nSPS) is 22.3. The van der Waals surface area contributed by atoms with Gasteiger partial charge in [-0.15, -0.1) is 0 Å². The van der Waals surface area contributed by atoms with Crippen LogP contribution in [0.3, 0.4) is 0 Å². The van der Waals surface area contributed by atoms with Crippen LogP contribution in [-0.2, 0) is 28.1 Å². The van der Waals surface area contributed by atoms with Crippen molar-refractivity contribution in [1.82, 2.24) is 26.2 Å². The number of methoxy groups -OCH3 is 1. The summed E-state index contributed by atoms with van der Waals surface area (Å²) in [6.07, 6.45) is 2.53. The van der Waals surface area contributed by atoms with Crippen molar-refractivity contribution >= 4 is 30.3 Å². The first-order chi connectivity index (χ1) is 17.3. The Morgan fingerprint density at radius 3 is 2.75 bits per heavy atom. The SMILES string of the molecule is COc1ccc2c(c1)C(=O)N(C[C@@]1(c3ccc4c(c3)CCCC4NC(=O)NC=O)NC(=O)NC1=O)C2. The predicted molar refractivity (Wildman–Crippen MR) is 126 cm³/mol. The van der Waals surface area contributed by atoms with Gasteiger partial charge < -0.3 is 20.3 Å². The van der Waals surface area contributed by atoms with E-state index in [0.29, 0.717) is 36.3 Å². The molecule has 0 spiro atoms. The number of fused-ring (bicyclic) bond motifs is 2. The number of imide groups is 2. The largest absolute Gasteiger partial charge is 0.497 e. The van der Waals surface area contributed by atoms with Gasteiger partial charge in [0.15, 0.2) is 5.54 Å². The number of aryl methyl sites for hydroxylation is 1. The molecule has 11 heteroatoms. The van der Waals surface area contributed by atoms with E-state index in [-0.39, 0.29) is 18.5 Å². The summed E-state index contributed by atoms with van der Waals surface area (Å²) in [6, 6.07) is 9.16. The lowest BCUT2D eigenvalue weighted by molar-refractivity contribution is -0.124. The van der Waals surface area contributed by atoms with Crippen molar-refractivity contribution in [2.45, 2.75) is 37.4 Å². The van der Waals surface area contributed by atoms with E-state index >= 15 is 0 Å². The van der Waals surface area contributed by atoms with Crippen molar-refractivity contribution in [2.75, 3.05) is 13.7 Å². The van der Waals surface area contributed by atoms with Gasteiger partial charge in [-0.2, -0.15) is 0 Å². The topological polar surface area (TPSA) is 146 Å². The summed E-state index contributed by atoms with van der Waals surface area (Å²) < 4.78 is 5.24. The molecule has 0 radical (unpaired) electrons. The molecule has 0 aromatic heterocycles. The van der Waals surface area contributed by atoms with Gasteiger partial charge in [-0.05, 0) is 53.6 Å². The van der Waals surface area contributed by atoms with E-state index in [2.05, 4.69) is 21.3 Å². The van der Waals surface area contributed by atoms with Crippen LogP contribution in [0.2, 0.25) is 0 Å². The number of hydrogen-bond donors (Lipinski definition) is 4. The van der Waals surface area contributed by atoms with E-state index in [1.165, 1.54) is 7.11 Å². The molecule has 3 aliphatic rings. The Morgan fingerprint density at radius 1 is 1.19 bits per heavy atom. The summed E-state index contributed by atoms with van der Waals surface area (Å²) in [5, 5.41) is 9.94. The minimum atomic E-state index is -1.47. The van der Waals surface area contributed by atoms with Gasteiger partial charge in [0.25, 0.3) is 11.8 Å². The summed E-state index contributed by atoms with van der Waals surface area (Å²) in [7, 11) is 1.52. The second-order valence-electron chi connectivity index (χ2n) is 9.09. The van der Waals surface area contributed by atoms with Gasteiger partial charge >= 0.3 is 12.1 Å². The number of ether oxygens (including phenoxy) is 1. The molecule has 1 aliphatic carbocycles. The molecule has 5 rings (SSSR count). The molecule has 2 atom stereocenters. The Kier molecular flexibility index (Phi) is 5.83. The lowest BCUT2D eigenvalue weighted by Crippen LogP contribution is -2.52. The number of hydrogen-bond acceptors (Lipinski definition) is 6. The molecule has 0 saturated carbocycles. The number of benzene rings is 2. The van der Waals surface area contributed by atoms with Crippen molar-refractivity contribution in [2.24, 2.45) is 0 Å². The number of amides is 7. The smallest absolute Gasteiger partial charge is 0.322 e. The molecule has 1 unspecified atom stereocenters. The number of carbonyl (C=O) groups excluding carboxylic acids is 5. The van der Waals surface area contributed by atoms with Crippen molar-refractivity contribution in [3.05, 3.63) is 64.2 Å². The Bertz CT molecular complexity index is 1290. The van der Waals surface area contributed by atoms with Gasteiger partial charge in [-0.25, -0.2) is 9.59 Å². The molecule has 0 bridgehead atoms. The zero-order chi connectivity index (χ0) is 25.4. The lowest BCUT2D eigenvalue weighted by atomic mass is 9.82. The van der Waals surface area contributed by atoms with Crippen LogP contribution < -0.4 is 26.0 Å². The van der Waals surface area contributed by atoms with Crippen molar-refractivity contribution < 1.29 is 28.7 Å². The average molecular weight is 492 g/mol. The summed E-state index contributed by atoms with van der Waals surface area (Å²) in [4.78, 5) is 62.7. The van der Waals surface area contributed by atoms with E-state index in [9.17, 15) is 24.0 Å². The van der Waals surface area contributed by atoms with Crippen LogP contribution in [0.5, 0.6) is 5.75 Å². The highest BCUT2D eigenvalue weighted by Gasteiger charge is 2.50. The zero-order valence-corrected chi connectivity index (χ0v) is 19.6. The Morgan fingerprint density at radius 2 is 2.03 bits per heavy atom. The van der Waals surface area contributed by atoms with E-state index in [0.717, 1.165) is 29.5 Å². The van der Waals surface area contributed by atoms with Crippen LogP contribution in [0.1, 0.15) is 51.5 Å². The molecule has 7 amide bonds. The second-order valence-corrected chi connectivity index (χ2v) is 9.09. The molecule has 1 saturated heterocycles. The van der Waals surface area contributed by atoms with Crippen LogP contribution >= 0.6 is 0 Å². The molecule has 2 aromatic rings. The van der Waals surface area contributed by atoms with Gasteiger partial charge in [0, 0.05) is 12.1 Å². The number of rotatable bonds is 6. The maximum atomic E-state index is 13.2. The van der Waals surface area contributed by atoms with Gasteiger partial charge in [0.05, 0.1) is 19.7 Å². The fraction of sp³-hybridized carbons (Fsp3) is 0.320. The first-order valence-corrected chi connectivity index (χ1v) is 11.6. The molecule has 11 nitrogen and oxygen atoms in total. The van der Waals surface area contributed by atoms with Crippen LogP contribution in [0.4, 0.5) is 9.59 Å². The maximum absolute atomic E-state index is 13.2. The number of nitrogens with one attached hydrogen (secondary N) is 4. The first kappa shape index (κ1) is 23.3. The summed E-state index contributed by atoms with van der Waals surface area (Å²) >= 11 is 0. The number of carbonyl (C=O) groups is 5. The minimum absolute atomic E-state index is 0.0530. The average Bonchev–Trinajstić information content (AvgIpc) is 3.33. The fourth-order valence-corrected chi connectivity index (χ4v) is 5.26. The zero-order valence-electron chi connectivity index (χ0n) is 19.6. The third-order valence-corrected chi connectivity index (χ3v) is 7.01. The fourth-order valence-electron chi connectivity index (χ4n) is 5.26. The molecule has 1 fully saturated rings. The molecule has 2 heterocycles. The van der Waals surface area contributed by atoms with Gasteiger partial charge in [0.1, 0.15) is 5.75 Å². The number of nitrogens with zero attached hydrogens (tertiary/aromatic N) is 1. The van der Waals surface area contributed by atoms with Crippen molar-refractivity contribution in [1.29, 1.82) is 0 Å². The summed E-state index contributed by atoms with van der Waals surface area (Å²) in [5.74, 6) is -0.226. The van der Waals surface area contributed by atoms with Crippen molar-refractivity contribution in [3.63, 3.8) is 0 Å². The Balaban J connectivity index is 1.47. The van der Waals surface area contributed by atoms with Gasteiger partial charge in [-0.3, -0.25) is 25.0 Å². The molecular weight excluding hydrogens is 466 g/mol. The number of urea groups is 2. The standard InChI is InChI=1S/C25H25N5O6/c1-36-17-7-5-15-11-30(21(32)19(15)10-17)12-25(22(33)28-24(35)29-25)16-6-8-18-14(9-16)3-2-4-20(18)27-23(34)26-13-31/h5-10,13,20H,2-4,11-12H2,1H3,(H2,26,27,31,34)(H2,28,29,33,35)/t20?,25-/m0/s1. The van der Waals surface area contributed by atoms with E-state index in [4.69, 9.17) is 4.74 Å². The molecule has 2 aliphatic heterocycles. The highest BCUT2D eigenvalue weighted by atomic mass is 16.5. The Hall–Kier alpha value is -4.41. The van der Waals surface area contributed by atoms with Gasteiger partial charge in [-0.1, -0.05) is 24.3 Å². The van der Waals surface area contributed by atoms with Crippen LogP contribution in [0.25, 0.3) is 0 Å². The van der Waals surface area contributed by atoms with Crippen LogP contribution in [0.15, 0.2) is 36.4 Å². The van der Waals surface area contributed by atoms with E-state index in [1.807, 2.05) is 18.2 Å². The predicted octanol–water partition coefficient (Wildman–Crippen LogP) is 1.22. The third kappa shape index (κ3) is 3.92. The van der Waals surface area contributed by atoms with Gasteiger partial charge in [0.2, 0.25) is 6.41 Å². The first-order valence-electron chi connectivity index (χ1n) is 11.6. The quantitative estimate of drug-likeness (QED) is 0.353. The van der Waals surface area contributed by atoms with Crippen LogP contribution in [-0.4, -0.2) is 48.8 Å².